The van der Waals surface area contributed by atoms with Crippen molar-refractivity contribution < 1.29 is 9.53 Å². The van der Waals surface area contributed by atoms with Crippen LogP contribution in [0.25, 0.3) is 6.08 Å². The number of esters is 1. The molecule has 0 N–H and O–H groups in total. The zero-order valence-electron chi connectivity index (χ0n) is 11.5. The number of carbonyl (C=O) groups excluding carboxylic acids is 1. The van der Waals surface area contributed by atoms with Crippen molar-refractivity contribution in [3.8, 4) is 0 Å². The van der Waals surface area contributed by atoms with Gasteiger partial charge in [0.1, 0.15) is 0 Å². The van der Waals surface area contributed by atoms with Gasteiger partial charge >= 0.3 is 5.97 Å². The van der Waals surface area contributed by atoms with Crippen LogP contribution in [0, 0.1) is 17.3 Å². The van der Waals surface area contributed by atoms with Gasteiger partial charge in [0.25, 0.3) is 0 Å². The van der Waals surface area contributed by atoms with Gasteiger partial charge in [-0.15, -0.1) is 0 Å². The highest BCUT2D eigenvalue weighted by Crippen LogP contribution is 2.59. The minimum atomic E-state index is -0.0849. The third kappa shape index (κ3) is 3.01. The van der Waals surface area contributed by atoms with Gasteiger partial charge in [-0.3, -0.25) is 4.79 Å². The van der Waals surface area contributed by atoms with Crippen molar-refractivity contribution in [1.29, 1.82) is 0 Å². The van der Waals surface area contributed by atoms with E-state index in [9.17, 15) is 4.79 Å². The molecule has 0 bridgehead atoms. The third-order valence-electron chi connectivity index (χ3n) is 3.82. The second-order valence-corrected chi connectivity index (χ2v) is 5.92. The largest absolute Gasteiger partial charge is 0.466 e. The summed E-state index contributed by atoms with van der Waals surface area (Å²) in [4.78, 5) is 11.8. The monoisotopic (exact) mass is 278 g/mol. The van der Waals surface area contributed by atoms with Crippen LogP contribution in [0.4, 0.5) is 0 Å². The van der Waals surface area contributed by atoms with Gasteiger partial charge in [-0.2, -0.15) is 0 Å². The minimum absolute atomic E-state index is 0.00478. The Morgan fingerprint density at radius 3 is 2.58 bits per heavy atom. The Morgan fingerprint density at radius 2 is 2.00 bits per heavy atom. The SMILES string of the molecule is CCOC(=O)C1C(C=Cc2ccc(Cl)cc2)C1(C)C. The van der Waals surface area contributed by atoms with Gasteiger partial charge < -0.3 is 4.74 Å². The second kappa shape index (κ2) is 5.38. The molecule has 0 saturated heterocycles. The lowest BCUT2D eigenvalue weighted by atomic mass is 10.1. The summed E-state index contributed by atoms with van der Waals surface area (Å²) < 4.78 is 5.11. The topological polar surface area (TPSA) is 26.3 Å². The fraction of sp³-hybridized carbons (Fsp3) is 0.438. The van der Waals surface area contributed by atoms with E-state index >= 15 is 0 Å². The van der Waals surface area contributed by atoms with E-state index in [1.807, 2.05) is 37.3 Å². The van der Waals surface area contributed by atoms with E-state index < -0.39 is 0 Å². The predicted molar refractivity (Wildman–Crippen MR) is 77.9 cm³/mol. The molecule has 0 spiro atoms. The first-order valence-electron chi connectivity index (χ1n) is 6.57. The molecule has 0 heterocycles. The highest BCUT2D eigenvalue weighted by atomic mass is 35.5. The second-order valence-electron chi connectivity index (χ2n) is 5.49. The number of hydrogen-bond donors (Lipinski definition) is 0. The molecule has 3 heteroatoms. The summed E-state index contributed by atoms with van der Waals surface area (Å²) in [5.41, 5.74) is 1.09. The van der Waals surface area contributed by atoms with Gasteiger partial charge in [0.05, 0.1) is 12.5 Å². The fourth-order valence-electron chi connectivity index (χ4n) is 2.51. The van der Waals surface area contributed by atoms with E-state index in [1.54, 1.807) is 0 Å². The maximum Gasteiger partial charge on any atom is 0.310 e. The van der Waals surface area contributed by atoms with Crippen LogP contribution in [0.3, 0.4) is 0 Å². The number of carbonyl (C=O) groups is 1. The summed E-state index contributed by atoms with van der Waals surface area (Å²) in [5.74, 6) is 0.150. The number of halogens is 1. The van der Waals surface area contributed by atoms with E-state index in [1.165, 1.54) is 0 Å². The van der Waals surface area contributed by atoms with E-state index in [-0.39, 0.29) is 23.2 Å². The summed E-state index contributed by atoms with van der Waals surface area (Å²) in [6.07, 6.45) is 4.15. The normalized spacial score (nSPS) is 24.4. The maximum atomic E-state index is 11.8. The zero-order valence-corrected chi connectivity index (χ0v) is 12.3. The molecule has 1 aliphatic carbocycles. The summed E-state index contributed by atoms with van der Waals surface area (Å²) in [6, 6.07) is 7.66. The number of allylic oxidation sites excluding steroid dienone is 1. The number of hydrogen-bond acceptors (Lipinski definition) is 2. The predicted octanol–water partition coefficient (Wildman–Crippen LogP) is 4.19. The van der Waals surface area contributed by atoms with Gasteiger partial charge in [-0.1, -0.05) is 49.7 Å². The third-order valence-corrected chi connectivity index (χ3v) is 4.07. The summed E-state index contributed by atoms with van der Waals surface area (Å²) in [7, 11) is 0. The molecule has 19 heavy (non-hydrogen) atoms. The lowest BCUT2D eigenvalue weighted by Gasteiger charge is -2.01. The van der Waals surface area contributed by atoms with E-state index in [2.05, 4.69) is 19.9 Å². The van der Waals surface area contributed by atoms with Gasteiger partial charge in [0.2, 0.25) is 0 Å². The summed E-state index contributed by atoms with van der Waals surface area (Å²) in [6.45, 7) is 6.49. The van der Waals surface area contributed by atoms with E-state index in [0.717, 1.165) is 10.6 Å². The van der Waals surface area contributed by atoms with Crippen LogP contribution in [-0.2, 0) is 9.53 Å². The quantitative estimate of drug-likeness (QED) is 0.772. The Labute approximate surface area is 119 Å². The Bertz CT molecular complexity index is 488. The molecule has 102 valence electrons. The van der Waals surface area contributed by atoms with Crippen LogP contribution >= 0.6 is 11.6 Å². The molecule has 1 aromatic rings. The first-order valence-corrected chi connectivity index (χ1v) is 6.95. The van der Waals surface area contributed by atoms with Crippen molar-refractivity contribution in [3.63, 3.8) is 0 Å². The van der Waals surface area contributed by atoms with Gasteiger partial charge in [-0.25, -0.2) is 0 Å². The van der Waals surface area contributed by atoms with Crippen molar-refractivity contribution >= 4 is 23.6 Å². The highest BCUT2D eigenvalue weighted by Gasteiger charge is 2.61. The van der Waals surface area contributed by atoms with E-state index in [4.69, 9.17) is 16.3 Å². The van der Waals surface area contributed by atoms with Crippen LogP contribution < -0.4 is 0 Å². The number of ether oxygens (including phenoxy) is 1. The summed E-state index contributed by atoms with van der Waals surface area (Å²) >= 11 is 5.85. The lowest BCUT2D eigenvalue weighted by Crippen LogP contribution is -2.10. The van der Waals surface area contributed by atoms with Crippen molar-refractivity contribution in [2.24, 2.45) is 17.3 Å². The van der Waals surface area contributed by atoms with Gasteiger partial charge in [0.15, 0.2) is 0 Å². The molecule has 2 unspecified atom stereocenters. The Kier molecular flexibility index (Phi) is 4.00. The number of rotatable bonds is 4. The Morgan fingerprint density at radius 1 is 1.37 bits per heavy atom. The molecule has 2 rings (SSSR count). The van der Waals surface area contributed by atoms with Crippen molar-refractivity contribution in [1.82, 2.24) is 0 Å². The smallest absolute Gasteiger partial charge is 0.310 e. The molecule has 0 amide bonds. The molecule has 2 nitrogen and oxygen atoms in total. The van der Waals surface area contributed by atoms with Crippen LogP contribution in [0.1, 0.15) is 26.3 Å². The standard InChI is InChI=1S/C16H19ClO2/c1-4-19-15(18)14-13(16(14,2)3)10-7-11-5-8-12(17)9-6-11/h5-10,13-14H,4H2,1-3H3. The molecular formula is C16H19ClO2. The minimum Gasteiger partial charge on any atom is -0.466 e. The Balaban J connectivity index is 2.03. The van der Waals surface area contributed by atoms with Crippen molar-refractivity contribution in [2.45, 2.75) is 20.8 Å². The molecule has 1 aliphatic rings. The molecule has 1 aromatic carbocycles. The molecule has 2 atom stereocenters. The first-order chi connectivity index (χ1) is 8.96. The first kappa shape index (κ1) is 14.1. The maximum absolute atomic E-state index is 11.8. The highest BCUT2D eigenvalue weighted by molar-refractivity contribution is 6.30. The average Bonchev–Trinajstić information content (AvgIpc) is 2.91. The molecule has 1 fully saturated rings. The molecule has 1 saturated carbocycles. The number of benzene rings is 1. The average molecular weight is 279 g/mol. The van der Waals surface area contributed by atoms with E-state index in [0.29, 0.717) is 6.61 Å². The van der Waals surface area contributed by atoms with Gasteiger partial charge in [-0.05, 0) is 36.0 Å². The summed E-state index contributed by atoms with van der Waals surface area (Å²) in [5, 5.41) is 0.730. The van der Waals surface area contributed by atoms with Crippen LogP contribution in [0.15, 0.2) is 30.3 Å². The molecule has 0 aromatic heterocycles. The fourth-order valence-corrected chi connectivity index (χ4v) is 2.63. The van der Waals surface area contributed by atoms with Crippen LogP contribution in [0.5, 0.6) is 0 Å². The van der Waals surface area contributed by atoms with Crippen molar-refractivity contribution in [3.05, 3.63) is 40.9 Å². The molecule has 0 radical (unpaired) electrons. The molecule has 0 aliphatic heterocycles. The lowest BCUT2D eigenvalue weighted by molar-refractivity contribution is -0.145. The van der Waals surface area contributed by atoms with Crippen LogP contribution in [-0.4, -0.2) is 12.6 Å². The van der Waals surface area contributed by atoms with Crippen molar-refractivity contribution in [2.75, 3.05) is 6.61 Å². The Hall–Kier alpha value is -1.28. The van der Waals surface area contributed by atoms with Gasteiger partial charge in [0, 0.05) is 5.02 Å². The van der Waals surface area contributed by atoms with Crippen LogP contribution in [0.2, 0.25) is 5.02 Å². The zero-order chi connectivity index (χ0) is 14.0. The molecular weight excluding hydrogens is 260 g/mol.